The molecular weight excluding hydrogens is 543 g/mol. The molecule has 0 unspecified atom stereocenters. The van der Waals surface area contributed by atoms with Crippen LogP contribution in [-0.2, 0) is 0 Å². The minimum Gasteiger partial charge on any atom is -0.208 e. The standard InChI is InChI=1S/C24H15Cl6N3/c1-10-16(4-13(25)7-19(10)28)22-31-23(17-5-14(26)8-20(29)11(17)2)33-24(32-22)18-6-15(27)9-21(30)12(18)3/h4-9H,1-3H3. The zero-order valence-electron chi connectivity index (χ0n) is 17.6. The van der Waals surface area contributed by atoms with Gasteiger partial charge >= 0.3 is 0 Å². The third-order valence-electron chi connectivity index (χ3n) is 5.29. The Bertz CT molecular complexity index is 1240. The van der Waals surface area contributed by atoms with Gasteiger partial charge in [0, 0.05) is 46.8 Å². The topological polar surface area (TPSA) is 38.7 Å². The predicted octanol–water partition coefficient (Wildman–Crippen LogP) is 9.72. The van der Waals surface area contributed by atoms with E-state index in [4.69, 9.17) is 84.6 Å². The van der Waals surface area contributed by atoms with Crippen LogP contribution in [-0.4, -0.2) is 15.0 Å². The second-order valence-electron chi connectivity index (χ2n) is 7.49. The summed E-state index contributed by atoms with van der Waals surface area (Å²) in [5, 5.41) is 2.91. The Hall–Kier alpha value is -1.59. The molecule has 0 fully saturated rings. The zero-order valence-corrected chi connectivity index (χ0v) is 22.1. The Labute approximate surface area is 221 Å². The van der Waals surface area contributed by atoms with E-state index in [1.54, 1.807) is 36.4 Å². The highest BCUT2D eigenvalue weighted by Crippen LogP contribution is 2.37. The lowest BCUT2D eigenvalue weighted by Gasteiger charge is -2.14. The van der Waals surface area contributed by atoms with Gasteiger partial charge in [-0.05, 0) is 73.9 Å². The fraction of sp³-hybridized carbons (Fsp3) is 0.125. The molecule has 0 atom stereocenters. The van der Waals surface area contributed by atoms with Gasteiger partial charge in [-0.2, -0.15) is 0 Å². The van der Waals surface area contributed by atoms with E-state index in [1.165, 1.54) is 0 Å². The van der Waals surface area contributed by atoms with Crippen LogP contribution in [0, 0.1) is 20.8 Å². The lowest BCUT2D eigenvalue weighted by Crippen LogP contribution is -2.03. The lowest BCUT2D eigenvalue weighted by atomic mass is 10.0. The van der Waals surface area contributed by atoms with Crippen LogP contribution in [0.3, 0.4) is 0 Å². The Morgan fingerprint density at radius 1 is 0.424 bits per heavy atom. The minimum absolute atomic E-state index is 0.392. The molecule has 168 valence electrons. The lowest BCUT2D eigenvalue weighted by molar-refractivity contribution is 1.06. The van der Waals surface area contributed by atoms with Crippen molar-refractivity contribution in [2.45, 2.75) is 20.8 Å². The molecule has 0 aliphatic heterocycles. The van der Waals surface area contributed by atoms with E-state index in [9.17, 15) is 0 Å². The van der Waals surface area contributed by atoms with Crippen molar-refractivity contribution in [1.29, 1.82) is 0 Å². The number of halogens is 6. The van der Waals surface area contributed by atoms with Crippen molar-refractivity contribution in [2.75, 3.05) is 0 Å². The van der Waals surface area contributed by atoms with Crippen LogP contribution in [0.2, 0.25) is 30.1 Å². The molecule has 33 heavy (non-hydrogen) atoms. The first-order chi connectivity index (χ1) is 15.5. The van der Waals surface area contributed by atoms with Gasteiger partial charge in [-0.3, -0.25) is 0 Å². The molecule has 0 bridgehead atoms. The van der Waals surface area contributed by atoms with Crippen LogP contribution in [0.4, 0.5) is 0 Å². The molecule has 0 aliphatic carbocycles. The van der Waals surface area contributed by atoms with Gasteiger partial charge in [-0.25, -0.2) is 15.0 Å². The van der Waals surface area contributed by atoms with Crippen molar-refractivity contribution in [3.05, 3.63) is 83.2 Å². The highest BCUT2D eigenvalue weighted by atomic mass is 35.5. The molecule has 4 aromatic rings. The molecule has 3 aromatic carbocycles. The Morgan fingerprint density at radius 3 is 0.909 bits per heavy atom. The molecule has 9 heteroatoms. The van der Waals surface area contributed by atoms with Crippen LogP contribution in [0.25, 0.3) is 34.2 Å². The summed E-state index contributed by atoms with van der Waals surface area (Å²) >= 11 is 38.1. The number of nitrogens with zero attached hydrogens (tertiary/aromatic N) is 3. The first kappa shape index (κ1) is 24.5. The molecule has 0 radical (unpaired) electrons. The van der Waals surface area contributed by atoms with Crippen molar-refractivity contribution in [1.82, 2.24) is 15.0 Å². The van der Waals surface area contributed by atoms with Crippen LogP contribution in [0.1, 0.15) is 16.7 Å². The van der Waals surface area contributed by atoms with Gasteiger partial charge in [0.1, 0.15) is 0 Å². The molecule has 0 saturated carbocycles. The van der Waals surface area contributed by atoms with Crippen LogP contribution in [0.15, 0.2) is 36.4 Å². The molecule has 1 heterocycles. The summed E-state index contributed by atoms with van der Waals surface area (Å²) in [6.45, 7) is 5.63. The third-order valence-corrected chi connectivity index (χ3v) is 7.12. The van der Waals surface area contributed by atoms with E-state index in [0.717, 1.165) is 16.7 Å². The van der Waals surface area contributed by atoms with Crippen molar-refractivity contribution in [3.8, 4) is 34.2 Å². The van der Waals surface area contributed by atoms with Gasteiger partial charge in [0.15, 0.2) is 17.5 Å². The summed E-state index contributed by atoms with van der Waals surface area (Å²) in [5.41, 5.74) is 4.37. The van der Waals surface area contributed by atoms with Crippen LogP contribution in [0.5, 0.6) is 0 Å². The third kappa shape index (κ3) is 4.95. The molecule has 0 spiro atoms. The first-order valence-corrected chi connectivity index (χ1v) is 12.0. The number of hydrogen-bond donors (Lipinski definition) is 0. The Balaban J connectivity index is 2.08. The molecule has 0 amide bonds. The van der Waals surface area contributed by atoms with Crippen molar-refractivity contribution < 1.29 is 0 Å². The average Bonchev–Trinajstić information content (AvgIpc) is 2.75. The number of benzene rings is 3. The van der Waals surface area contributed by atoms with Crippen molar-refractivity contribution in [3.63, 3.8) is 0 Å². The van der Waals surface area contributed by atoms with Gasteiger partial charge in [0.2, 0.25) is 0 Å². The highest BCUT2D eigenvalue weighted by Gasteiger charge is 2.19. The Morgan fingerprint density at radius 2 is 0.667 bits per heavy atom. The smallest absolute Gasteiger partial charge is 0.164 e. The summed E-state index contributed by atoms with van der Waals surface area (Å²) in [7, 11) is 0. The maximum atomic E-state index is 6.39. The van der Waals surface area contributed by atoms with E-state index in [1.807, 2.05) is 20.8 Å². The molecule has 3 nitrogen and oxygen atoms in total. The van der Waals surface area contributed by atoms with Gasteiger partial charge in [0.05, 0.1) is 0 Å². The van der Waals surface area contributed by atoms with Gasteiger partial charge in [0.25, 0.3) is 0 Å². The highest BCUT2D eigenvalue weighted by molar-refractivity contribution is 6.36. The summed E-state index contributed by atoms with van der Waals surface area (Å²) in [6, 6.07) is 10.3. The van der Waals surface area contributed by atoms with Crippen molar-refractivity contribution >= 4 is 69.6 Å². The largest absolute Gasteiger partial charge is 0.208 e. The maximum Gasteiger partial charge on any atom is 0.164 e. The minimum atomic E-state index is 0.392. The molecule has 1 aromatic heterocycles. The second kappa shape index (κ2) is 9.58. The van der Waals surface area contributed by atoms with Crippen molar-refractivity contribution in [2.24, 2.45) is 0 Å². The Kier molecular flexibility index (Phi) is 7.12. The van der Waals surface area contributed by atoms with E-state index < -0.39 is 0 Å². The summed E-state index contributed by atoms with van der Waals surface area (Å²) in [4.78, 5) is 14.2. The first-order valence-electron chi connectivity index (χ1n) is 9.69. The molecular formula is C24H15Cl6N3. The molecule has 0 N–H and O–H groups in total. The summed E-state index contributed by atoms with van der Waals surface area (Å²) < 4.78 is 0. The fourth-order valence-corrected chi connectivity index (χ4v) is 4.85. The number of rotatable bonds is 3. The van der Waals surface area contributed by atoms with Gasteiger partial charge in [-0.15, -0.1) is 0 Å². The van der Waals surface area contributed by atoms with Gasteiger partial charge < -0.3 is 0 Å². The number of hydrogen-bond acceptors (Lipinski definition) is 3. The van der Waals surface area contributed by atoms with Gasteiger partial charge in [-0.1, -0.05) is 69.6 Å². The fourth-order valence-electron chi connectivity index (χ4n) is 3.37. The van der Waals surface area contributed by atoms with E-state index >= 15 is 0 Å². The monoisotopic (exact) mass is 555 g/mol. The van der Waals surface area contributed by atoms with E-state index in [0.29, 0.717) is 64.3 Å². The molecule has 0 saturated heterocycles. The second-order valence-corrected chi connectivity index (χ2v) is 10.0. The van der Waals surface area contributed by atoms with Crippen LogP contribution >= 0.6 is 69.6 Å². The quantitative estimate of drug-likeness (QED) is 0.251. The molecule has 4 rings (SSSR count). The predicted molar refractivity (Wildman–Crippen MR) is 140 cm³/mol. The SMILES string of the molecule is Cc1c(Cl)cc(Cl)cc1-c1nc(-c2cc(Cl)cc(Cl)c2C)nc(-c2cc(Cl)cc(Cl)c2C)n1. The number of aromatic nitrogens is 3. The zero-order chi connectivity index (χ0) is 24.0. The maximum absolute atomic E-state index is 6.39. The molecule has 0 aliphatic rings. The van der Waals surface area contributed by atoms with E-state index in [-0.39, 0.29) is 0 Å². The average molecular weight is 558 g/mol. The summed E-state index contributed by atoms with van der Waals surface area (Å²) in [5.74, 6) is 1.17. The van der Waals surface area contributed by atoms with E-state index in [2.05, 4.69) is 0 Å². The summed E-state index contributed by atoms with van der Waals surface area (Å²) in [6.07, 6.45) is 0. The van der Waals surface area contributed by atoms with Crippen LogP contribution < -0.4 is 0 Å². The normalized spacial score (nSPS) is 11.2.